The second-order valence-electron chi connectivity index (χ2n) is 10.0. The van der Waals surface area contributed by atoms with E-state index in [1.54, 1.807) is 23.1 Å². The number of sulfone groups is 1. The predicted molar refractivity (Wildman–Crippen MR) is 135 cm³/mol. The molecular formula is C27H33N3O4S. The first-order valence-electron chi connectivity index (χ1n) is 12.5. The summed E-state index contributed by atoms with van der Waals surface area (Å²) in [5, 5.41) is 0. The van der Waals surface area contributed by atoms with Gasteiger partial charge >= 0.3 is 0 Å². The topological polar surface area (TPSA) is 78.0 Å². The van der Waals surface area contributed by atoms with Crippen LogP contribution in [0, 0.1) is 5.92 Å². The van der Waals surface area contributed by atoms with Gasteiger partial charge in [-0.1, -0.05) is 30.3 Å². The Kier molecular flexibility index (Phi) is 6.68. The quantitative estimate of drug-likeness (QED) is 0.590. The summed E-state index contributed by atoms with van der Waals surface area (Å²) in [5.74, 6) is -0.0296. The standard InChI is InChI=1S/C27H33N3O4S/c1-20-17-23-18-24(9-10-25(23)30(20)27(32)22-7-8-22)35(33,34)16-11-26(31)29-14-12-28(13-15-29)19-21-5-3-2-4-6-21/h2-6,9-10,18,20,22H,7-8,11-17,19H2,1H3. The normalized spacial score (nSPS) is 20.7. The molecule has 1 aliphatic carbocycles. The summed E-state index contributed by atoms with van der Waals surface area (Å²) in [6.07, 6.45) is 2.53. The number of fused-ring (bicyclic) bond motifs is 1. The number of hydrogen-bond acceptors (Lipinski definition) is 5. The summed E-state index contributed by atoms with van der Waals surface area (Å²) in [6.45, 7) is 5.67. The van der Waals surface area contributed by atoms with Gasteiger partial charge < -0.3 is 9.80 Å². The summed E-state index contributed by atoms with van der Waals surface area (Å²) in [7, 11) is -3.59. The zero-order valence-corrected chi connectivity index (χ0v) is 21.0. The lowest BCUT2D eigenvalue weighted by Gasteiger charge is -2.34. The Morgan fingerprint density at radius 2 is 1.69 bits per heavy atom. The maximum Gasteiger partial charge on any atom is 0.230 e. The second kappa shape index (κ2) is 9.74. The lowest BCUT2D eigenvalue weighted by Crippen LogP contribution is -2.48. The molecule has 2 aromatic rings. The zero-order valence-electron chi connectivity index (χ0n) is 20.2. The van der Waals surface area contributed by atoms with Crippen molar-refractivity contribution in [3.05, 3.63) is 59.7 Å². The van der Waals surface area contributed by atoms with Crippen molar-refractivity contribution in [1.29, 1.82) is 0 Å². The van der Waals surface area contributed by atoms with Crippen LogP contribution < -0.4 is 4.90 Å². The minimum Gasteiger partial charge on any atom is -0.340 e. The van der Waals surface area contributed by atoms with Gasteiger partial charge in [-0.25, -0.2) is 8.42 Å². The van der Waals surface area contributed by atoms with Gasteiger partial charge in [0.15, 0.2) is 9.84 Å². The molecule has 8 heteroatoms. The molecule has 5 rings (SSSR count). The van der Waals surface area contributed by atoms with E-state index < -0.39 is 9.84 Å². The Bertz CT molecular complexity index is 1200. The maximum absolute atomic E-state index is 13.0. The SMILES string of the molecule is CC1Cc2cc(S(=O)(=O)CCC(=O)N3CCN(Cc4ccccc4)CC3)ccc2N1C(=O)C1CC1. The fourth-order valence-electron chi connectivity index (χ4n) is 5.16. The number of piperazine rings is 1. The van der Waals surface area contributed by atoms with Crippen LogP contribution in [-0.4, -0.2) is 68.0 Å². The van der Waals surface area contributed by atoms with Crippen LogP contribution in [0.4, 0.5) is 5.69 Å². The monoisotopic (exact) mass is 495 g/mol. The van der Waals surface area contributed by atoms with Crippen molar-refractivity contribution in [2.75, 3.05) is 36.8 Å². The third-order valence-electron chi connectivity index (χ3n) is 7.35. The van der Waals surface area contributed by atoms with Gasteiger partial charge in [0.1, 0.15) is 0 Å². The van der Waals surface area contributed by atoms with Crippen molar-refractivity contribution >= 4 is 27.3 Å². The number of carbonyl (C=O) groups is 2. The zero-order chi connectivity index (χ0) is 24.6. The van der Waals surface area contributed by atoms with Crippen LogP contribution in [0.1, 0.15) is 37.3 Å². The molecule has 1 saturated carbocycles. The highest BCUT2D eigenvalue weighted by molar-refractivity contribution is 7.91. The Morgan fingerprint density at radius 3 is 2.37 bits per heavy atom. The smallest absolute Gasteiger partial charge is 0.230 e. The highest BCUT2D eigenvalue weighted by atomic mass is 32.2. The van der Waals surface area contributed by atoms with E-state index in [2.05, 4.69) is 17.0 Å². The van der Waals surface area contributed by atoms with Gasteiger partial charge in [0.25, 0.3) is 0 Å². The number of amides is 2. The molecule has 7 nitrogen and oxygen atoms in total. The third-order valence-corrected chi connectivity index (χ3v) is 9.06. The summed E-state index contributed by atoms with van der Waals surface area (Å²) in [5.41, 5.74) is 2.98. The molecule has 186 valence electrons. The molecule has 0 N–H and O–H groups in total. The Hall–Kier alpha value is -2.71. The van der Waals surface area contributed by atoms with Gasteiger partial charge in [-0.2, -0.15) is 0 Å². The highest BCUT2D eigenvalue weighted by Crippen LogP contribution is 2.39. The average Bonchev–Trinajstić information content (AvgIpc) is 3.65. The number of rotatable bonds is 7. The van der Waals surface area contributed by atoms with E-state index in [1.165, 1.54) is 5.56 Å². The van der Waals surface area contributed by atoms with Gasteiger partial charge in [-0.15, -0.1) is 0 Å². The second-order valence-corrected chi connectivity index (χ2v) is 12.1. The van der Waals surface area contributed by atoms with Crippen molar-refractivity contribution in [1.82, 2.24) is 9.80 Å². The van der Waals surface area contributed by atoms with E-state index in [-0.39, 0.29) is 40.8 Å². The summed E-state index contributed by atoms with van der Waals surface area (Å²) < 4.78 is 26.1. The molecule has 3 aliphatic rings. The first-order valence-corrected chi connectivity index (χ1v) is 14.2. The fraction of sp³-hybridized carbons (Fsp3) is 0.481. The van der Waals surface area contributed by atoms with Crippen molar-refractivity contribution in [2.45, 2.75) is 50.1 Å². The first-order chi connectivity index (χ1) is 16.8. The summed E-state index contributed by atoms with van der Waals surface area (Å²) in [4.78, 5) is 31.6. The Morgan fingerprint density at radius 1 is 0.971 bits per heavy atom. The lowest BCUT2D eigenvalue weighted by atomic mass is 10.1. The molecular weight excluding hydrogens is 462 g/mol. The minimum atomic E-state index is -3.59. The van der Waals surface area contributed by atoms with Gasteiger partial charge in [0.05, 0.1) is 10.6 Å². The molecule has 1 atom stereocenters. The molecule has 0 radical (unpaired) electrons. The number of benzene rings is 2. The molecule has 2 amide bonds. The molecule has 0 aromatic heterocycles. The summed E-state index contributed by atoms with van der Waals surface area (Å²) >= 11 is 0. The van der Waals surface area contributed by atoms with E-state index in [1.807, 2.05) is 30.0 Å². The van der Waals surface area contributed by atoms with Crippen molar-refractivity contribution in [3.63, 3.8) is 0 Å². The van der Waals surface area contributed by atoms with E-state index in [4.69, 9.17) is 0 Å². The molecule has 1 unspecified atom stereocenters. The van der Waals surface area contributed by atoms with Gasteiger partial charge in [-0.05, 0) is 55.5 Å². The van der Waals surface area contributed by atoms with E-state index in [0.29, 0.717) is 19.5 Å². The molecule has 2 heterocycles. The van der Waals surface area contributed by atoms with E-state index >= 15 is 0 Å². The number of anilines is 1. The molecule has 35 heavy (non-hydrogen) atoms. The highest BCUT2D eigenvalue weighted by Gasteiger charge is 2.39. The van der Waals surface area contributed by atoms with Crippen molar-refractivity contribution in [3.8, 4) is 0 Å². The number of hydrogen-bond donors (Lipinski definition) is 0. The largest absolute Gasteiger partial charge is 0.340 e. The molecule has 2 aromatic carbocycles. The van der Waals surface area contributed by atoms with E-state index in [0.717, 1.165) is 43.7 Å². The maximum atomic E-state index is 13.0. The van der Waals surface area contributed by atoms with Crippen LogP contribution in [0.2, 0.25) is 0 Å². The van der Waals surface area contributed by atoms with Crippen LogP contribution in [0.3, 0.4) is 0 Å². The predicted octanol–water partition coefficient (Wildman–Crippen LogP) is 2.88. The molecule has 0 bridgehead atoms. The van der Waals surface area contributed by atoms with Crippen LogP contribution >= 0.6 is 0 Å². The van der Waals surface area contributed by atoms with E-state index in [9.17, 15) is 18.0 Å². The number of nitrogens with zero attached hydrogens (tertiary/aromatic N) is 3. The Labute approximate surface area is 207 Å². The minimum absolute atomic E-state index is 0.0131. The van der Waals surface area contributed by atoms with Crippen LogP contribution in [0.5, 0.6) is 0 Å². The first kappa shape index (κ1) is 24.0. The van der Waals surface area contributed by atoms with Crippen LogP contribution in [0.15, 0.2) is 53.4 Å². The summed E-state index contributed by atoms with van der Waals surface area (Å²) in [6, 6.07) is 15.4. The molecule has 2 aliphatic heterocycles. The Balaban J connectivity index is 1.16. The van der Waals surface area contributed by atoms with Crippen LogP contribution in [-0.2, 0) is 32.4 Å². The van der Waals surface area contributed by atoms with Gasteiger partial charge in [-0.3, -0.25) is 14.5 Å². The van der Waals surface area contributed by atoms with Crippen LogP contribution in [0.25, 0.3) is 0 Å². The third kappa shape index (κ3) is 5.28. The molecule has 0 spiro atoms. The van der Waals surface area contributed by atoms with Crippen molar-refractivity contribution < 1.29 is 18.0 Å². The van der Waals surface area contributed by atoms with Gasteiger partial charge in [0, 0.05) is 56.8 Å². The van der Waals surface area contributed by atoms with Gasteiger partial charge in [0.2, 0.25) is 11.8 Å². The average molecular weight is 496 g/mol. The molecule has 2 fully saturated rings. The fourth-order valence-corrected chi connectivity index (χ4v) is 6.43. The lowest BCUT2D eigenvalue weighted by molar-refractivity contribution is -0.132. The van der Waals surface area contributed by atoms with Crippen molar-refractivity contribution in [2.24, 2.45) is 5.92 Å². The molecule has 1 saturated heterocycles. The number of carbonyl (C=O) groups excluding carboxylic acids is 2.